The van der Waals surface area contributed by atoms with E-state index < -0.39 is 0 Å². The van der Waals surface area contributed by atoms with Crippen molar-refractivity contribution in [3.63, 3.8) is 0 Å². The van der Waals surface area contributed by atoms with Gasteiger partial charge in [-0.1, -0.05) is 12.8 Å². The summed E-state index contributed by atoms with van der Waals surface area (Å²) in [5.41, 5.74) is 0. The average molecular weight is 274 g/mol. The molecule has 5 heteroatoms. The molecule has 2 N–H and O–H groups in total. The first-order valence-corrected chi connectivity index (χ1v) is 8.17. The molecule has 0 aromatic carbocycles. The van der Waals surface area contributed by atoms with Crippen molar-refractivity contribution in [1.82, 2.24) is 10.2 Å². The number of carbonyl (C=O) groups excluding carboxylic acids is 1. The van der Waals surface area contributed by atoms with E-state index in [9.17, 15) is 4.79 Å². The van der Waals surface area contributed by atoms with Gasteiger partial charge in [0.1, 0.15) is 0 Å². The molecule has 1 aliphatic rings. The molecule has 0 aromatic rings. The number of likely N-dealkylation sites (tertiary alicyclic amines) is 1. The van der Waals surface area contributed by atoms with E-state index in [-0.39, 0.29) is 12.5 Å². The number of hydrogen-bond donors (Lipinski definition) is 2. The minimum atomic E-state index is 0.247. The molecule has 1 rings (SSSR count). The molecule has 1 heterocycles. The second-order valence-electron chi connectivity index (χ2n) is 4.66. The number of nitrogens with one attached hydrogen (secondary N) is 1. The lowest BCUT2D eigenvalue weighted by molar-refractivity contribution is -0.130. The smallest absolute Gasteiger partial charge is 0.236 e. The summed E-state index contributed by atoms with van der Waals surface area (Å²) in [5.74, 6) is 2.25. The highest BCUT2D eigenvalue weighted by molar-refractivity contribution is 7.99. The molecule has 0 radical (unpaired) electrons. The second-order valence-corrected chi connectivity index (χ2v) is 5.89. The Morgan fingerprint density at radius 2 is 1.89 bits per heavy atom. The van der Waals surface area contributed by atoms with Gasteiger partial charge in [0.15, 0.2) is 0 Å². The number of carbonyl (C=O) groups is 1. The first-order valence-electron chi connectivity index (χ1n) is 7.01. The monoisotopic (exact) mass is 274 g/mol. The molecule has 18 heavy (non-hydrogen) atoms. The summed E-state index contributed by atoms with van der Waals surface area (Å²) in [5, 5.41) is 11.8. The highest BCUT2D eigenvalue weighted by Gasteiger charge is 2.14. The van der Waals surface area contributed by atoms with E-state index in [4.69, 9.17) is 5.11 Å². The van der Waals surface area contributed by atoms with Crippen molar-refractivity contribution in [2.45, 2.75) is 32.1 Å². The molecule has 0 aliphatic carbocycles. The molecule has 4 nitrogen and oxygen atoms in total. The highest BCUT2D eigenvalue weighted by atomic mass is 32.2. The number of hydrogen-bond acceptors (Lipinski definition) is 4. The van der Waals surface area contributed by atoms with Gasteiger partial charge >= 0.3 is 0 Å². The van der Waals surface area contributed by atoms with Crippen LogP contribution < -0.4 is 5.32 Å². The standard InChI is InChI=1S/C13H26N2O2S/c16-9-5-10-18-11-6-14-12-13(17)15-7-3-1-2-4-8-15/h14,16H,1-12H2. The zero-order chi connectivity index (χ0) is 13.1. The fourth-order valence-corrected chi connectivity index (χ4v) is 2.87. The summed E-state index contributed by atoms with van der Waals surface area (Å²) in [6.45, 7) is 3.49. The highest BCUT2D eigenvalue weighted by Crippen LogP contribution is 2.09. The molecule has 0 unspecified atom stereocenters. The fourth-order valence-electron chi connectivity index (χ4n) is 2.04. The van der Waals surface area contributed by atoms with Gasteiger partial charge in [-0.2, -0.15) is 11.8 Å². The van der Waals surface area contributed by atoms with Crippen LogP contribution in [0.25, 0.3) is 0 Å². The van der Waals surface area contributed by atoms with Crippen LogP contribution in [0.2, 0.25) is 0 Å². The Kier molecular flexibility index (Phi) is 9.34. The van der Waals surface area contributed by atoms with E-state index in [1.54, 1.807) is 0 Å². The minimum absolute atomic E-state index is 0.247. The zero-order valence-electron chi connectivity index (χ0n) is 11.2. The van der Waals surface area contributed by atoms with Gasteiger partial charge in [-0.25, -0.2) is 0 Å². The Bertz CT molecular complexity index is 219. The third-order valence-corrected chi connectivity index (χ3v) is 4.18. The summed E-state index contributed by atoms with van der Waals surface area (Å²) in [7, 11) is 0. The van der Waals surface area contributed by atoms with Gasteiger partial charge in [0, 0.05) is 32.0 Å². The molecular weight excluding hydrogens is 248 g/mol. The van der Waals surface area contributed by atoms with Gasteiger partial charge in [-0.15, -0.1) is 0 Å². The third-order valence-electron chi connectivity index (χ3n) is 3.10. The SMILES string of the molecule is O=C(CNCCSCCCO)N1CCCCCC1. The van der Waals surface area contributed by atoms with Gasteiger partial charge in [-0.05, 0) is 25.0 Å². The molecule has 1 aliphatic heterocycles. The van der Waals surface area contributed by atoms with E-state index in [0.717, 1.165) is 50.4 Å². The fraction of sp³-hybridized carbons (Fsp3) is 0.923. The van der Waals surface area contributed by atoms with Gasteiger partial charge in [0.2, 0.25) is 5.91 Å². The Hall–Kier alpha value is -0.260. The maximum Gasteiger partial charge on any atom is 0.236 e. The van der Waals surface area contributed by atoms with Crippen LogP contribution in [-0.4, -0.2) is 60.2 Å². The van der Waals surface area contributed by atoms with Crippen LogP contribution >= 0.6 is 11.8 Å². The topological polar surface area (TPSA) is 52.6 Å². The van der Waals surface area contributed by atoms with Crippen LogP contribution in [0.1, 0.15) is 32.1 Å². The predicted molar refractivity (Wildman–Crippen MR) is 76.9 cm³/mol. The van der Waals surface area contributed by atoms with Gasteiger partial charge in [-0.3, -0.25) is 4.79 Å². The summed E-state index contributed by atoms with van der Waals surface area (Å²) in [4.78, 5) is 13.9. The van der Waals surface area contributed by atoms with Crippen LogP contribution in [0.15, 0.2) is 0 Å². The summed E-state index contributed by atoms with van der Waals surface area (Å²) in [6, 6.07) is 0. The maximum absolute atomic E-state index is 11.9. The average Bonchev–Trinajstić information content (AvgIpc) is 2.66. The van der Waals surface area contributed by atoms with Crippen molar-refractivity contribution >= 4 is 17.7 Å². The summed E-state index contributed by atoms with van der Waals surface area (Å²) >= 11 is 1.82. The van der Waals surface area contributed by atoms with E-state index in [0.29, 0.717) is 6.54 Å². The van der Waals surface area contributed by atoms with Crippen molar-refractivity contribution in [1.29, 1.82) is 0 Å². The van der Waals surface area contributed by atoms with Crippen LogP contribution in [-0.2, 0) is 4.79 Å². The molecule has 1 fully saturated rings. The van der Waals surface area contributed by atoms with Gasteiger partial charge < -0.3 is 15.3 Å². The summed E-state index contributed by atoms with van der Waals surface area (Å²) < 4.78 is 0. The molecular formula is C13H26N2O2S. The van der Waals surface area contributed by atoms with Crippen molar-refractivity contribution in [3.05, 3.63) is 0 Å². The largest absolute Gasteiger partial charge is 0.396 e. The first-order chi connectivity index (χ1) is 8.84. The number of aliphatic hydroxyl groups excluding tert-OH is 1. The second kappa shape index (κ2) is 10.6. The molecule has 0 atom stereocenters. The minimum Gasteiger partial charge on any atom is -0.396 e. The molecule has 0 spiro atoms. The quantitative estimate of drug-likeness (QED) is 0.651. The van der Waals surface area contributed by atoms with E-state index in [1.165, 1.54) is 12.8 Å². The summed E-state index contributed by atoms with van der Waals surface area (Å²) in [6.07, 6.45) is 5.69. The lowest BCUT2D eigenvalue weighted by Gasteiger charge is -2.20. The Balaban J connectivity index is 1.98. The Labute approximate surface area is 115 Å². The molecule has 0 aromatic heterocycles. The van der Waals surface area contributed by atoms with Crippen LogP contribution in [0, 0.1) is 0 Å². The van der Waals surface area contributed by atoms with E-state index in [1.807, 2.05) is 16.7 Å². The Morgan fingerprint density at radius 3 is 2.56 bits per heavy atom. The van der Waals surface area contributed by atoms with Crippen molar-refractivity contribution in [3.8, 4) is 0 Å². The molecule has 1 amide bonds. The van der Waals surface area contributed by atoms with E-state index >= 15 is 0 Å². The van der Waals surface area contributed by atoms with Crippen LogP contribution in [0.5, 0.6) is 0 Å². The molecule has 0 saturated carbocycles. The van der Waals surface area contributed by atoms with Crippen molar-refractivity contribution < 1.29 is 9.90 Å². The Morgan fingerprint density at radius 1 is 1.17 bits per heavy atom. The first kappa shape index (κ1) is 15.8. The molecule has 1 saturated heterocycles. The third kappa shape index (κ3) is 7.24. The van der Waals surface area contributed by atoms with E-state index in [2.05, 4.69) is 5.32 Å². The van der Waals surface area contributed by atoms with Crippen LogP contribution in [0.4, 0.5) is 0 Å². The number of thioether (sulfide) groups is 1. The number of aliphatic hydroxyl groups is 1. The normalized spacial score (nSPS) is 16.6. The number of rotatable bonds is 8. The molecule has 0 bridgehead atoms. The lowest BCUT2D eigenvalue weighted by Crippen LogP contribution is -2.39. The van der Waals surface area contributed by atoms with Crippen molar-refractivity contribution in [2.75, 3.05) is 44.3 Å². The lowest BCUT2D eigenvalue weighted by atomic mass is 10.2. The number of nitrogens with zero attached hydrogens (tertiary/aromatic N) is 1. The van der Waals surface area contributed by atoms with Gasteiger partial charge in [0.05, 0.1) is 6.54 Å². The molecule has 106 valence electrons. The predicted octanol–water partition coefficient (Wildman–Crippen LogP) is 1.09. The van der Waals surface area contributed by atoms with Crippen molar-refractivity contribution in [2.24, 2.45) is 0 Å². The van der Waals surface area contributed by atoms with Gasteiger partial charge in [0.25, 0.3) is 0 Å². The maximum atomic E-state index is 11.9. The number of amides is 1. The zero-order valence-corrected chi connectivity index (χ0v) is 12.0. The van der Waals surface area contributed by atoms with Crippen LogP contribution in [0.3, 0.4) is 0 Å².